The Morgan fingerprint density at radius 3 is 2.10 bits per heavy atom. The highest BCUT2D eigenvalue weighted by Crippen LogP contribution is 2.35. The third kappa shape index (κ3) is 3.26. The minimum absolute atomic E-state index is 0.00353. The average Bonchev–Trinajstić information content (AvgIpc) is 2.38. The van der Waals surface area contributed by atoms with Crippen LogP contribution in [0.25, 0.3) is 0 Å². The first-order chi connectivity index (χ1) is 9.29. The highest BCUT2D eigenvalue weighted by Gasteiger charge is 2.31. The third-order valence-corrected chi connectivity index (χ3v) is 3.40. The summed E-state index contributed by atoms with van der Waals surface area (Å²) in [5, 5.41) is 10.7. The predicted molar refractivity (Wildman–Crippen MR) is 72.0 cm³/mol. The summed E-state index contributed by atoms with van der Waals surface area (Å²) in [6.45, 7) is 0. The topological polar surface area (TPSA) is 20.2 Å². The van der Waals surface area contributed by atoms with Gasteiger partial charge in [-0.1, -0.05) is 35.3 Å². The second kappa shape index (κ2) is 5.64. The Morgan fingerprint density at radius 1 is 0.950 bits per heavy atom. The van der Waals surface area contributed by atoms with E-state index in [0.29, 0.717) is 10.6 Å². The van der Waals surface area contributed by atoms with Crippen LogP contribution >= 0.6 is 23.2 Å². The lowest BCUT2D eigenvalue weighted by molar-refractivity contribution is -0.137. The number of halogens is 5. The van der Waals surface area contributed by atoms with Gasteiger partial charge in [-0.2, -0.15) is 13.2 Å². The standard InChI is InChI=1S/C14H9Cl2F3O/c15-10-4-1-8(2-5-10)13(20)11-7-9(14(17,18)19)3-6-12(11)16/h1-7,13,20H. The van der Waals surface area contributed by atoms with Gasteiger partial charge in [-0.15, -0.1) is 0 Å². The van der Waals surface area contributed by atoms with Crippen molar-refractivity contribution in [2.24, 2.45) is 0 Å². The molecular formula is C14H9Cl2F3O. The van der Waals surface area contributed by atoms with Crippen molar-refractivity contribution in [3.05, 3.63) is 69.2 Å². The number of rotatable bonds is 2. The number of benzene rings is 2. The van der Waals surface area contributed by atoms with Gasteiger partial charge >= 0.3 is 6.18 Å². The Kier molecular flexibility index (Phi) is 4.28. The van der Waals surface area contributed by atoms with Gasteiger partial charge < -0.3 is 5.11 Å². The van der Waals surface area contributed by atoms with Crippen LogP contribution in [0.3, 0.4) is 0 Å². The number of aliphatic hydroxyl groups excluding tert-OH is 1. The Hall–Kier alpha value is -1.23. The van der Waals surface area contributed by atoms with Crippen LogP contribution in [-0.4, -0.2) is 5.11 Å². The van der Waals surface area contributed by atoms with E-state index in [-0.39, 0.29) is 10.6 Å². The summed E-state index contributed by atoms with van der Waals surface area (Å²) < 4.78 is 38.0. The van der Waals surface area contributed by atoms with Gasteiger partial charge in [0, 0.05) is 15.6 Å². The van der Waals surface area contributed by atoms with Crippen LogP contribution in [0.4, 0.5) is 13.2 Å². The maximum atomic E-state index is 12.7. The molecule has 1 nitrogen and oxygen atoms in total. The van der Waals surface area contributed by atoms with E-state index in [1.54, 1.807) is 12.1 Å². The maximum absolute atomic E-state index is 12.7. The molecule has 0 saturated carbocycles. The number of alkyl halides is 3. The molecule has 0 saturated heterocycles. The fourth-order valence-corrected chi connectivity index (χ4v) is 2.10. The van der Waals surface area contributed by atoms with Crippen molar-refractivity contribution < 1.29 is 18.3 Å². The van der Waals surface area contributed by atoms with E-state index in [9.17, 15) is 18.3 Å². The van der Waals surface area contributed by atoms with Crippen LogP contribution in [0.5, 0.6) is 0 Å². The van der Waals surface area contributed by atoms with Gasteiger partial charge in [0.1, 0.15) is 6.10 Å². The summed E-state index contributed by atoms with van der Waals surface area (Å²) in [5.41, 5.74) is -0.440. The Labute approximate surface area is 123 Å². The number of hydrogen-bond donors (Lipinski definition) is 1. The summed E-state index contributed by atoms with van der Waals surface area (Å²) >= 11 is 11.6. The molecule has 1 atom stereocenters. The van der Waals surface area contributed by atoms with Crippen molar-refractivity contribution in [2.45, 2.75) is 12.3 Å². The minimum Gasteiger partial charge on any atom is -0.384 e. The number of hydrogen-bond acceptors (Lipinski definition) is 1. The summed E-state index contributed by atoms with van der Waals surface area (Å²) in [7, 11) is 0. The van der Waals surface area contributed by atoms with E-state index in [4.69, 9.17) is 23.2 Å². The van der Waals surface area contributed by atoms with Crippen LogP contribution in [0.1, 0.15) is 22.8 Å². The Balaban J connectivity index is 2.43. The van der Waals surface area contributed by atoms with E-state index in [1.807, 2.05) is 0 Å². The Morgan fingerprint density at radius 2 is 1.55 bits per heavy atom. The molecule has 0 spiro atoms. The first-order valence-electron chi connectivity index (χ1n) is 5.59. The minimum atomic E-state index is -4.49. The molecule has 20 heavy (non-hydrogen) atoms. The molecule has 6 heteroatoms. The second-order valence-corrected chi connectivity index (χ2v) is 5.03. The van der Waals surface area contributed by atoms with E-state index >= 15 is 0 Å². The maximum Gasteiger partial charge on any atom is 0.416 e. The van der Waals surface area contributed by atoms with Crippen LogP contribution in [0, 0.1) is 0 Å². The highest BCUT2D eigenvalue weighted by atomic mass is 35.5. The fraction of sp³-hybridized carbons (Fsp3) is 0.143. The number of aliphatic hydroxyl groups is 1. The third-order valence-electron chi connectivity index (χ3n) is 2.80. The van der Waals surface area contributed by atoms with E-state index in [0.717, 1.165) is 18.2 Å². The molecule has 1 N–H and O–H groups in total. The zero-order valence-electron chi connectivity index (χ0n) is 9.96. The first kappa shape index (κ1) is 15.2. The molecule has 2 rings (SSSR count). The molecule has 0 radical (unpaired) electrons. The normalized spacial score (nSPS) is 13.3. The van der Waals surface area contributed by atoms with Gasteiger partial charge in [0.25, 0.3) is 0 Å². The van der Waals surface area contributed by atoms with Crippen LogP contribution in [0.15, 0.2) is 42.5 Å². The molecule has 2 aromatic rings. The van der Waals surface area contributed by atoms with Gasteiger partial charge in [-0.05, 0) is 35.9 Å². The van der Waals surface area contributed by atoms with Gasteiger partial charge in [0.15, 0.2) is 0 Å². The molecule has 2 aromatic carbocycles. The largest absolute Gasteiger partial charge is 0.416 e. The zero-order valence-corrected chi connectivity index (χ0v) is 11.5. The molecule has 0 aliphatic rings. The quantitative estimate of drug-likeness (QED) is 0.816. The average molecular weight is 321 g/mol. The van der Waals surface area contributed by atoms with E-state index in [1.165, 1.54) is 12.1 Å². The monoisotopic (exact) mass is 320 g/mol. The van der Waals surface area contributed by atoms with Crippen molar-refractivity contribution in [3.8, 4) is 0 Å². The van der Waals surface area contributed by atoms with Gasteiger partial charge in [-0.3, -0.25) is 0 Å². The zero-order chi connectivity index (χ0) is 14.9. The van der Waals surface area contributed by atoms with Crippen molar-refractivity contribution >= 4 is 23.2 Å². The molecule has 0 fully saturated rings. The Bertz CT molecular complexity index is 609. The second-order valence-electron chi connectivity index (χ2n) is 4.19. The fourth-order valence-electron chi connectivity index (χ4n) is 1.75. The summed E-state index contributed by atoms with van der Waals surface area (Å²) in [4.78, 5) is 0. The predicted octanol–water partition coefficient (Wildman–Crippen LogP) is 5.09. The van der Waals surface area contributed by atoms with Gasteiger partial charge in [0.05, 0.1) is 5.56 Å². The lowest BCUT2D eigenvalue weighted by atomic mass is 9.99. The highest BCUT2D eigenvalue weighted by molar-refractivity contribution is 6.31. The van der Waals surface area contributed by atoms with Crippen LogP contribution in [0.2, 0.25) is 10.0 Å². The molecule has 0 bridgehead atoms. The molecule has 0 heterocycles. The molecule has 0 amide bonds. The van der Waals surface area contributed by atoms with Crippen molar-refractivity contribution in [2.75, 3.05) is 0 Å². The molecular weight excluding hydrogens is 312 g/mol. The molecule has 0 aliphatic carbocycles. The van der Waals surface area contributed by atoms with Gasteiger partial charge in [0.2, 0.25) is 0 Å². The molecule has 106 valence electrons. The lowest BCUT2D eigenvalue weighted by Gasteiger charge is -2.16. The first-order valence-corrected chi connectivity index (χ1v) is 6.35. The summed E-state index contributed by atoms with van der Waals surface area (Å²) in [6.07, 6.45) is -5.74. The van der Waals surface area contributed by atoms with Crippen molar-refractivity contribution in [1.82, 2.24) is 0 Å². The SMILES string of the molecule is OC(c1ccc(Cl)cc1)c1cc(C(F)(F)F)ccc1Cl. The summed E-state index contributed by atoms with van der Waals surface area (Å²) in [5.74, 6) is 0. The molecule has 1 unspecified atom stereocenters. The van der Waals surface area contributed by atoms with E-state index < -0.39 is 17.8 Å². The van der Waals surface area contributed by atoms with Crippen LogP contribution < -0.4 is 0 Å². The van der Waals surface area contributed by atoms with Crippen LogP contribution in [-0.2, 0) is 6.18 Å². The smallest absolute Gasteiger partial charge is 0.384 e. The molecule has 0 aliphatic heterocycles. The molecule has 0 aromatic heterocycles. The van der Waals surface area contributed by atoms with E-state index in [2.05, 4.69) is 0 Å². The lowest BCUT2D eigenvalue weighted by Crippen LogP contribution is -2.08. The van der Waals surface area contributed by atoms with Gasteiger partial charge in [-0.25, -0.2) is 0 Å². The van der Waals surface area contributed by atoms with Crippen molar-refractivity contribution in [3.63, 3.8) is 0 Å². The summed E-state index contributed by atoms with van der Waals surface area (Å²) in [6, 6.07) is 9.00. The van der Waals surface area contributed by atoms with Crippen molar-refractivity contribution in [1.29, 1.82) is 0 Å².